The van der Waals surface area contributed by atoms with Gasteiger partial charge in [0.15, 0.2) is 11.4 Å². The first-order chi connectivity index (χ1) is 14.3. The van der Waals surface area contributed by atoms with Gasteiger partial charge in [0.05, 0.1) is 18.7 Å². The van der Waals surface area contributed by atoms with Crippen LogP contribution in [0.25, 0.3) is 0 Å². The second-order valence-corrected chi connectivity index (χ2v) is 8.86. The van der Waals surface area contributed by atoms with Crippen molar-refractivity contribution in [2.75, 3.05) is 4.90 Å². The summed E-state index contributed by atoms with van der Waals surface area (Å²) >= 11 is 9.50. The maximum atomic E-state index is 13.4. The van der Waals surface area contributed by atoms with Crippen molar-refractivity contribution in [2.24, 2.45) is 0 Å². The second kappa shape index (κ2) is 7.99. The third-order valence-corrected chi connectivity index (χ3v) is 6.10. The highest BCUT2D eigenvalue weighted by molar-refractivity contribution is 9.10. The Labute approximate surface area is 188 Å². The van der Waals surface area contributed by atoms with E-state index in [-0.39, 0.29) is 12.2 Å². The molecule has 1 N–H and O–H groups in total. The van der Waals surface area contributed by atoms with Crippen molar-refractivity contribution < 1.29 is 14.7 Å². The van der Waals surface area contributed by atoms with Gasteiger partial charge in [-0.05, 0) is 42.8 Å². The summed E-state index contributed by atoms with van der Waals surface area (Å²) < 4.78 is 0.844. The fourth-order valence-corrected chi connectivity index (χ4v) is 4.13. The minimum Gasteiger partial charge on any atom is -0.375 e. The number of Topliss-reactive ketones (excluding diaryl/α,β-unsaturated/α-hetero) is 1. The molecule has 0 saturated carbocycles. The third kappa shape index (κ3) is 3.81. The number of aryl methyl sites for hydroxylation is 1. The molecular weight excluding hydrogens is 466 g/mol. The van der Waals surface area contributed by atoms with Crippen LogP contribution >= 0.6 is 27.5 Å². The molecule has 0 unspecified atom stereocenters. The molecule has 4 rings (SSSR count). The maximum Gasteiger partial charge on any atom is 0.264 e. The molecule has 30 heavy (non-hydrogen) atoms. The van der Waals surface area contributed by atoms with E-state index < -0.39 is 11.5 Å². The van der Waals surface area contributed by atoms with Gasteiger partial charge in [-0.3, -0.25) is 9.59 Å². The Morgan fingerprint density at radius 3 is 2.40 bits per heavy atom. The molecule has 0 spiro atoms. The van der Waals surface area contributed by atoms with E-state index in [4.69, 9.17) is 11.6 Å². The first kappa shape index (κ1) is 20.8. The lowest BCUT2D eigenvalue weighted by atomic mass is 9.88. The fraction of sp³-hybridized carbons (Fsp3) is 0.167. The van der Waals surface area contributed by atoms with E-state index in [0.29, 0.717) is 28.4 Å². The smallest absolute Gasteiger partial charge is 0.264 e. The van der Waals surface area contributed by atoms with Crippen LogP contribution in [0.4, 0.5) is 5.69 Å². The number of nitrogens with zero attached hydrogens (tertiary/aromatic N) is 1. The molecule has 0 aliphatic carbocycles. The molecule has 3 aromatic rings. The van der Waals surface area contributed by atoms with Gasteiger partial charge in [0.1, 0.15) is 0 Å². The monoisotopic (exact) mass is 483 g/mol. The van der Waals surface area contributed by atoms with Gasteiger partial charge in [-0.2, -0.15) is 0 Å². The van der Waals surface area contributed by atoms with E-state index in [1.54, 1.807) is 42.5 Å². The second-order valence-electron chi connectivity index (χ2n) is 7.51. The molecular formula is C24H19BrClNO3. The normalized spacial score (nSPS) is 17.9. The summed E-state index contributed by atoms with van der Waals surface area (Å²) in [5.74, 6) is -0.840. The van der Waals surface area contributed by atoms with Crippen LogP contribution in [0.3, 0.4) is 0 Å². The van der Waals surface area contributed by atoms with E-state index in [1.165, 1.54) is 4.90 Å². The standard InChI is InChI=1S/C24H19BrClNO3/c1-15-2-4-16(5-3-15)14-27-21-11-10-19(26)12-20(21)24(30,23(27)29)13-22(28)17-6-8-18(25)9-7-17/h2-12,30H,13-14H2,1H3/t24-/m1/s1. The van der Waals surface area contributed by atoms with Gasteiger partial charge >= 0.3 is 0 Å². The van der Waals surface area contributed by atoms with Crippen molar-refractivity contribution in [3.63, 3.8) is 0 Å². The number of hydrogen-bond donors (Lipinski definition) is 1. The molecule has 6 heteroatoms. The number of ketones is 1. The number of benzene rings is 3. The highest BCUT2D eigenvalue weighted by atomic mass is 79.9. The van der Waals surface area contributed by atoms with E-state index in [0.717, 1.165) is 15.6 Å². The lowest BCUT2D eigenvalue weighted by Crippen LogP contribution is -2.41. The predicted octanol–water partition coefficient (Wildman–Crippen LogP) is 5.42. The number of fused-ring (bicyclic) bond motifs is 1. The Bertz CT molecular complexity index is 1130. The highest BCUT2D eigenvalue weighted by Gasteiger charge is 2.51. The quantitative estimate of drug-likeness (QED) is 0.492. The molecule has 1 aliphatic rings. The highest BCUT2D eigenvalue weighted by Crippen LogP contribution is 2.44. The van der Waals surface area contributed by atoms with Crippen molar-refractivity contribution >= 4 is 44.9 Å². The molecule has 4 nitrogen and oxygen atoms in total. The molecule has 1 aliphatic heterocycles. The van der Waals surface area contributed by atoms with Gasteiger partial charge in [0.2, 0.25) is 0 Å². The lowest BCUT2D eigenvalue weighted by Gasteiger charge is -2.23. The number of carbonyl (C=O) groups is 2. The molecule has 1 atom stereocenters. The van der Waals surface area contributed by atoms with Gasteiger partial charge in [0, 0.05) is 20.6 Å². The number of carbonyl (C=O) groups excluding carboxylic acids is 2. The van der Waals surface area contributed by atoms with Gasteiger partial charge in [0.25, 0.3) is 5.91 Å². The van der Waals surface area contributed by atoms with Crippen LogP contribution < -0.4 is 4.90 Å². The zero-order valence-electron chi connectivity index (χ0n) is 16.2. The summed E-state index contributed by atoms with van der Waals surface area (Å²) in [5.41, 5.74) is 1.44. The van der Waals surface area contributed by atoms with Crippen LogP contribution in [0.1, 0.15) is 33.5 Å². The summed E-state index contributed by atoms with van der Waals surface area (Å²) in [7, 11) is 0. The van der Waals surface area contributed by atoms with E-state index >= 15 is 0 Å². The van der Waals surface area contributed by atoms with Crippen LogP contribution in [-0.4, -0.2) is 16.8 Å². The van der Waals surface area contributed by atoms with Gasteiger partial charge in [-0.15, -0.1) is 0 Å². The fourth-order valence-electron chi connectivity index (χ4n) is 3.70. The zero-order chi connectivity index (χ0) is 21.5. The molecule has 0 fully saturated rings. The average Bonchev–Trinajstić information content (AvgIpc) is 2.91. The average molecular weight is 485 g/mol. The summed E-state index contributed by atoms with van der Waals surface area (Å²) in [6.45, 7) is 2.29. The van der Waals surface area contributed by atoms with E-state index in [2.05, 4.69) is 15.9 Å². The van der Waals surface area contributed by atoms with Crippen molar-refractivity contribution in [3.8, 4) is 0 Å². The molecule has 152 valence electrons. The summed E-state index contributed by atoms with van der Waals surface area (Å²) in [6, 6.07) is 19.6. The first-order valence-electron chi connectivity index (χ1n) is 9.46. The Hall–Kier alpha value is -2.47. The molecule has 1 amide bonds. The van der Waals surface area contributed by atoms with Gasteiger partial charge < -0.3 is 10.0 Å². The van der Waals surface area contributed by atoms with E-state index in [9.17, 15) is 14.7 Å². The summed E-state index contributed by atoms with van der Waals surface area (Å²) in [5, 5.41) is 11.8. The van der Waals surface area contributed by atoms with Gasteiger partial charge in [-0.25, -0.2) is 0 Å². The maximum absolute atomic E-state index is 13.4. The van der Waals surface area contributed by atoms with Crippen LogP contribution in [0, 0.1) is 6.92 Å². The van der Waals surface area contributed by atoms with Crippen molar-refractivity contribution in [1.29, 1.82) is 0 Å². The molecule has 3 aromatic carbocycles. The predicted molar refractivity (Wildman–Crippen MR) is 121 cm³/mol. The summed E-state index contributed by atoms with van der Waals surface area (Å²) in [6.07, 6.45) is -0.356. The molecule has 0 radical (unpaired) electrons. The molecule has 1 heterocycles. The number of anilines is 1. The summed E-state index contributed by atoms with van der Waals surface area (Å²) in [4.78, 5) is 27.8. The van der Waals surface area contributed by atoms with Crippen LogP contribution in [0.2, 0.25) is 5.02 Å². The molecule has 0 bridgehead atoms. The van der Waals surface area contributed by atoms with Crippen molar-refractivity contribution in [3.05, 3.63) is 98.5 Å². The topological polar surface area (TPSA) is 57.6 Å². The molecule has 0 saturated heterocycles. The zero-order valence-corrected chi connectivity index (χ0v) is 18.6. The van der Waals surface area contributed by atoms with Crippen LogP contribution in [-0.2, 0) is 16.9 Å². The number of rotatable bonds is 5. The number of hydrogen-bond acceptors (Lipinski definition) is 3. The van der Waals surface area contributed by atoms with Gasteiger partial charge in [-0.1, -0.05) is 69.5 Å². The third-order valence-electron chi connectivity index (χ3n) is 5.34. The van der Waals surface area contributed by atoms with Crippen LogP contribution in [0.15, 0.2) is 71.2 Å². The number of amides is 1. The number of halogens is 2. The SMILES string of the molecule is Cc1ccc(CN2C(=O)[C@@](O)(CC(=O)c3ccc(Br)cc3)c3cc(Cl)ccc32)cc1. The van der Waals surface area contributed by atoms with Crippen LogP contribution in [0.5, 0.6) is 0 Å². The first-order valence-corrected chi connectivity index (χ1v) is 10.6. The van der Waals surface area contributed by atoms with Crippen molar-refractivity contribution in [1.82, 2.24) is 0 Å². The minimum absolute atomic E-state index is 0.294. The Morgan fingerprint density at radius 1 is 1.07 bits per heavy atom. The minimum atomic E-state index is -1.96. The lowest BCUT2D eigenvalue weighted by molar-refractivity contribution is -0.136. The Morgan fingerprint density at radius 2 is 1.73 bits per heavy atom. The number of aliphatic hydroxyl groups is 1. The largest absolute Gasteiger partial charge is 0.375 e. The molecule has 0 aromatic heterocycles. The Balaban J connectivity index is 1.70. The van der Waals surface area contributed by atoms with E-state index in [1.807, 2.05) is 31.2 Å². The Kier molecular flexibility index (Phi) is 5.53. The van der Waals surface area contributed by atoms with Crippen molar-refractivity contribution in [2.45, 2.75) is 25.5 Å².